The molecular formula is C31H43ClN4O4. The van der Waals surface area contributed by atoms with Gasteiger partial charge < -0.3 is 25.4 Å². The van der Waals surface area contributed by atoms with Gasteiger partial charge in [-0.05, 0) is 81.2 Å². The number of aliphatic hydroxyl groups is 1. The predicted octanol–water partition coefficient (Wildman–Crippen LogP) is 4.91. The van der Waals surface area contributed by atoms with Gasteiger partial charge in [-0.1, -0.05) is 42.8 Å². The number of benzene rings is 1. The monoisotopic (exact) mass is 570 g/mol. The number of likely N-dealkylation sites (tertiary alicyclic amines) is 1. The Balaban J connectivity index is 1.67. The van der Waals surface area contributed by atoms with Crippen LogP contribution >= 0.6 is 11.6 Å². The second kappa shape index (κ2) is 13.8. The number of nitrogens with zero attached hydrogens (tertiary/aromatic N) is 2. The summed E-state index contributed by atoms with van der Waals surface area (Å²) >= 11 is 6.75. The van der Waals surface area contributed by atoms with E-state index >= 15 is 0 Å². The molecule has 1 aromatic heterocycles. The first-order valence-corrected chi connectivity index (χ1v) is 15.0. The van der Waals surface area contributed by atoms with Crippen molar-refractivity contribution in [3.63, 3.8) is 0 Å². The minimum Gasteiger partial charge on any atom is -0.450 e. The SMILES string of the molecule is CCc1cccc(-c2c([C@](O)(CCCOC(=O)NC)[C@@H]3CCCN(C(=O)[C@@H]4CC[C@H](NC)C4)C3)ccnc2Cl)c1. The molecule has 40 heavy (non-hydrogen) atoms. The fourth-order valence-corrected chi connectivity index (χ4v) is 6.72. The lowest BCUT2D eigenvalue weighted by atomic mass is 9.72. The average molecular weight is 571 g/mol. The smallest absolute Gasteiger partial charge is 0.406 e. The fourth-order valence-electron chi connectivity index (χ4n) is 6.45. The van der Waals surface area contributed by atoms with Crippen LogP contribution in [-0.2, 0) is 21.6 Å². The number of rotatable bonds is 10. The number of piperidine rings is 1. The first-order chi connectivity index (χ1) is 19.3. The van der Waals surface area contributed by atoms with Crippen molar-refractivity contribution in [3.8, 4) is 11.1 Å². The molecule has 4 rings (SSSR count). The summed E-state index contributed by atoms with van der Waals surface area (Å²) in [6.07, 6.45) is 7.16. The number of pyridine rings is 1. The van der Waals surface area contributed by atoms with Crippen molar-refractivity contribution in [2.45, 2.75) is 69.9 Å². The molecule has 1 aliphatic heterocycles. The summed E-state index contributed by atoms with van der Waals surface area (Å²) < 4.78 is 5.26. The molecule has 1 aliphatic carbocycles. The number of carbonyl (C=O) groups excluding carboxylic acids is 2. The molecule has 2 heterocycles. The Morgan fingerprint density at radius 3 is 2.77 bits per heavy atom. The van der Waals surface area contributed by atoms with Gasteiger partial charge in [0.1, 0.15) is 5.15 Å². The van der Waals surface area contributed by atoms with Gasteiger partial charge in [-0.25, -0.2) is 9.78 Å². The summed E-state index contributed by atoms with van der Waals surface area (Å²) in [5.74, 6) is 0.00243. The van der Waals surface area contributed by atoms with Gasteiger partial charge in [0.25, 0.3) is 0 Å². The third-order valence-electron chi connectivity index (χ3n) is 8.73. The van der Waals surface area contributed by atoms with Crippen molar-refractivity contribution < 1.29 is 19.4 Å². The van der Waals surface area contributed by atoms with E-state index in [0.29, 0.717) is 48.3 Å². The lowest BCUT2D eigenvalue weighted by Crippen LogP contribution is -2.49. The van der Waals surface area contributed by atoms with E-state index in [1.54, 1.807) is 6.20 Å². The van der Waals surface area contributed by atoms with E-state index in [-0.39, 0.29) is 24.3 Å². The molecule has 1 saturated carbocycles. The largest absolute Gasteiger partial charge is 0.450 e. The molecule has 9 heteroatoms. The van der Waals surface area contributed by atoms with Crippen molar-refractivity contribution in [2.75, 3.05) is 33.8 Å². The van der Waals surface area contributed by atoms with Crippen LogP contribution in [0.3, 0.4) is 0 Å². The topological polar surface area (TPSA) is 104 Å². The molecule has 0 radical (unpaired) electrons. The number of amides is 2. The number of ether oxygens (including phenoxy) is 1. The first kappa shape index (κ1) is 30.3. The summed E-state index contributed by atoms with van der Waals surface area (Å²) in [4.78, 5) is 31.6. The fraction of sp³-hybridized carbons (Fsp3) is 0.581. The lowest BCUT2D eigenvalue weighted by Gasteiger charge is -2.44. The Bertz CT molecular complexity index is 1180. The Kier molecular flexibility index (Phi) is 10.4. The third-order valence-corrected chi connectivity index (χ3v) is 9.02. The van der Waals surface area contributed by atoms with Crippen molar-refractivity contribution in [3.05, 3.63) is 52.8 Å². The number of nitrogens with one attached hydrogen (secondary N) is 2. The molecule has 2 fully saturated rings. The standard InChI is InChI=1S/C31H43ClN4O4/c1-4-21-8-5-9-22(18-21)27-26(13-15-35-28(27)32)31(39,14-7-17-40-30(38)34-3)24-10-6-16-36(20-24)29(37)23-11-12-25(19-23)33-2/h5,8-9,13,15,18,23-25,33,39H,4,6-7,10-12,14,16-17,19-20H2,1-3H3,(H,34,38)/t23-,24-,25+,31+/m1/s1. The minimum atomic E-state index is -1.31. The quantitative estimate of drug-likeness (QED) is 0.277. The predicted molar refractivity (Wildman–Crippen MR) is 157 cm³/mol. The van der Waals surface area contributed by atoms with Gasteiger partial charge in [0, 0.05) is 49.8 Å². The summed E-state index contributed by atoms with van der Waals surface area (Å²) in [6.45, 7) is 3.45. The van der Waals surface area contributed by atoms with Gasteiger partial charge in [-0.3, -0.25) is 4.79 Å². The second-order valence-corrected chi connectivity index (χ2v) is 11.5. The molecule has 8 nitrogen and oxygen atoms in total. The zero-order valence-electron chi connectivity index (χ0n) is 23.9. The van der Waals surface area contributed by atoms with Gasteiger partial charge in [0.2, 0.25) is 5.91 Å². The van der Waals surface area contributed by atoms with E-state index < -0.39 is 11.7 Å². The van der Waals surface area contributed by atoms with E-state index in [9.17, 15) is 14.7 Å². The maximum Gasteiger partial charge on any atom is 0.406 e. The molecule has 2 aliphatic rings. The maximum atomic E-state index is 13.6. The van der Waals surface area contributed by atoms with Crippen molar-refractivity contribution in [1.29, 1.82) is 0 Å². The molecule has 1 aromatic carbocycles. The zero-order valence-corrected chi connectivity index (χ0v) is 24.7. The molecule has 2 amide bonds. The summed E-state index contributed by atoms with van der Waals surface area (Å²) in [7, 11) is 3.47. The number of aryl methyl sites for hydroxylation is 1. The molecule has 218 valence electrons. The van der Waals surface area contributed by atoms with Crippen LogP contribution in [0.15, 0.2) is 36.5 Å². The highest BCUT2D eigenvalue weighted by molar-refractivity contribution is 6.32. The van der Waals surface area contributed by atoms with Crippen molar-refractivity contribution >= 4 is 23.6 Å². The highest BCUT2D eigenvalue weighted by Gasteiger charge is 2.44. The molecule has 1 saturated heterocycles. The van der Waals surface area contributed by atoms with Gasteiger partial charge in [-0.2, -0.15) is 0 Å². The maximum absolute atomic E-state index is 13.6. The number of alkyl carbamates (subject to hydrolysis) is 1. The highest BCUT2D eigenvalue weighted by Crippen LogP contribution is 2.45. The number of hydrogen-bond donors (Lipinski definition) is 3. The van der Waals surface area contributed by atoms with E-state index in [0.717, 1.165) is 49.7 Å². The summed E-state index contributed by atoms with van der Waals surface area (Å²) in [6, 6.07) is 10.4. The molecular weight excluding hydrogens is 528 g/mol. The number of aromatic nitrogens is 1. The molecule has 4 atom stereocenters. The van der Waals surface area contributed by atoms with Crippen molar-refractivity contribution in [2.24, 2.45) is 11.8 Å². The normalized spacial score (nSPS) is 22.5. The van der Waals surface area contributed by atoms with Crippen LogP contribution in [0.5, 0.6) is 0 Å². The molecule has 2 aromatic rings. The van der Waals surface area contributed by atoms with Gasteiger partial charge >= 0.3 is 6.09 Å². The van der Waals surface area contributed by atoms with Gasteiger partial charge in [0.15, 0.2) is 0 Å². The van der Waals surface area contributed by atoms with Crippen molar-refractivity contribution in [1.82, 2.24) is 20.5 Å². The van der Waals surface area contributed by atoms with Gasteiger partial charge in [-0.15, -0.1) is 0 Å². The van der Waals surface area contributed by atoms with E-state index in [4.69, 9.17) is 16.3 Å². The van der Waals surface area contributed by atoms with Crippen LogP contribution in [0, 0.1) is 11.8 Å². The van der Waals surface area contributed by atoms with E-state index in [1.807, 2.05) is 30.1 Å². The molecule has 0 unspecified atom stereocenters. The summed E-state index contributed by atoms with van der Waals surface area (Å²) in [5, 5.41) is 18.8. The van der Waals surface area contributed by atoms with Gasteiger partial charge in [0.05, 0.1) is 12.2 Å². The van der Waals surface area contributed by atoms with E-state index in [1.165, 1.54) is 7.05 Å². The molecule has 0 bridgehead atoms. The van der Waals surface area contributed by atoms with Crippen LogP contribution in [0.1, 0.15) is 63.0 Å². The minimum absolute atomic E-state index is 0.0213. The molecule has 0 spiro atoms. The first-order valence-electron chi connectivity index (χ1n) is 14.6. The second-order valence-electron chi connectivity index (χ2n) is 11.1. The third kappa shape index (κ3) is 6.78. The van der Waals surface area contributed by atoms with Crippen LogP contribution in [-0.4, -0.2) is 66.8 Å². The van der Waals surface area contributed by atoms with Crippen LogP contribution in [0.4, 0.5) is 4.79 Å². The lowest BCUT2D eigenvalue weighted by molar-refractivity contribution is -0.141. The Hall–Kier alpha value is -2.68. The number of hydrogen-bond acceptors (Lipinski definition) is 6. The molecule has 3 N–H and O–H groups in total. The highest BCUT2D eigenvalue weighted by atomic mass is 35.5. The summed E-state index contributed by atoms with van der Waals surface area (Å²) in [5.41, 5.74) is 2.18. The average Bonchev–Trinajstić information content (AvgIpc) is 3.48. The Labute approximate surface area is 242 Å². The number of carbonyl (C=O) groups is 2. The Morgan fingerprint density at radius 1 is 1.23 bits per heavy atom. The Morgan fingerprint density at radius 2 is 2.05 bits per heavy atom. The zero-order chi connectivity index (χ0) is 28.7. The van der Waals surface area contributed by atoms with Crippen LogP contribution in [0.2, 0.25) is 5.15 Å². The van der Waals surface area contributed by atoms with Crippen LogP contribution in [0.25, 0.3) is 11.1 Å². The van der Waals surface area contributed by atoms with E-state index in [2.05, 4.69) is 34.7 Å². The van der Waals surface area contributed by atoms with Crippen LogP contribution < -0.4 is 10.6 Å². The number of halogens is 1.